The van der Waals surface area contributed by atoms with E-state index < -0.39 is 0 Å². The van der Waals surface area contributed by atoms with Crippen molar-refractivity contribution in [2.75, 3.05) is 5.75 Å². The van der Waals surface area contributed by atoms with Crippen LogP contribution in [-0.2, 0) is 7.05 Å². The molecule has 0 saturated carbocycles. The molecule has 2 heterocycles. The summed E-state index contributed by atoms with van der Waals surface area (Å²) in [4.78, 5) is 32.2. The molecule has 0 N–H and O–H groups in total. The Balaban J connectivity index is 1.70. The van der Waals surface area contributed by atoms with Crippen LogP contribution >= 0.6 is 23.1 Å². The average Bonchev–Trinajstić information content (AvgIpc) is 3.00. The zero-order valence-electron chi connectivity index (χ0n) is 15.3. The fraction of sp³-hybridized carbons (Fsp3) is 0.190. The molecular weight excluding hydrogens is 376 g/mol. The molecule has 2 aromatic carbocycles. The number of hydrogen-bond donors (Lipinski definition) is 0. The van der Waals surface area contributed by atoms with Gasteiger partial charge < -0.3 is 0 Å². The molecule has 0 radical (unpaired) electrons. The first-order valence-electron chi connectivity index (χ1n) is 8.56. The van der Waals surface area contributed by atoms with Crippen LogP contribution in [-0.4, -0.2) is 21.1 Å². The van der Waals surface area contributed by atoms with Gasteiger partial charge in [0.2, 0.25) is 0 Å². The summed E-state index contributed by atoms with van der Waals surface area (Å²) in [6.45, 7) is 3.96. The summed E-state index contributed by atoms with van der Waals surface area (Å²) in [7, 11) is 1.71. The molecule has 0 aliphatic carbocycles. The van der Waals surface area contributed by atoms with E-state index in [1.54, 1.807) is 18.4 Å². The van der Waals surface area contributed by atoms with Crippen molar-refractivity contribution in [1.82, 2.24) is 9.55 Å². The zero-order chi connectivity index (χ0) is 19.1. The Kier molecular flexibility index (Phi) is 4.61. The minimum absolute atomic E-state index is 0.0645. The fourth-order valence-electron chi connectivity index (χ4n) is 3.18. The maximum Gasteiger partial charge on any atom is 0.261 e. The second-order valence-corrected chi connectivity index (χ2v) is 8.92. The van der Waals surface area contributed by atoms with Crippen molar-refractivity contribution < 1.29 is 4.79 Å². The highest BCUT2D eigenvalue weighted by Crippen LogP contribution is 2.25. The summed E-state index contributed by atoms with van der Waals surface area (Å²) >= 11 is 2.94. The van der Waals surface area contributed by atoms with Gasteiger partial charge in [-0.3, -0.25) is 14.2 Å². The average molecular weight is 395 g/mol. The van der Waals surface area contributed by atoms with E-state index in [0.717, 1.165) is 26.1 Å². The largest absolute Gasteiger partial charge is 0.293 e. The van der Waals surface area contributed by atoms with E-state index in [1.165, 1.54) is 16.3 Å². The van der Waals surface area contributed by atoms with E-state index >= 15 is 0 Å². The number of Topliss-reactive ketones (excluding diaryl/α,β-unsaturated/α-hetero) is 1. The number of carbonyl (C=O) groups excluding carboxylic acids is 1. The van der Waals surface area contributed by atoms with Crippen LogP contribution in [0.4, 0.5) is 0 Å². The van der Waals surface area contributed by atoms with Gasteiger partial charge in [0.15, 0.2) is 10.9 Å². The molecule has 2 aromatic heterocycles. The SMILES string of the molecule is Cc1cc(C(=O)CSc2nc3cc4ccccc4cc3c(=O)n2C)c(C)s1. The van der Waals surface area contributed by atoms with Gasteiger partial charge in [-0.2, -0.15) is 0 Å². The number of aryl methyl sites for hydroxylation is 2. The van der Waals surface area contributed by atoms with Crippen molar-refractivity contribution in [3.63, 3.8) is 0 Å². The highest BCUT2D eigenvalue weighted by atomic mass is 32.2. The monoisotopic (exact) mass is 394 g/mol. The van der Waals surface area contributed by atoms with Crippen molar-refractivity contribution in [1.29, 1.82) is 0 Å². The molecular formula is C21H18N2O2S2. The van der Waals surface area contributed by atoms with Crippen molar-refractivity contribution in [2.24, 2.45) is 7.05 Å². The summed E-state index contributed by atoms with van der Waals surface area (Å²) in [6, 6.07) is 13.7. The number of hydrogen-bond acceptors (Lipinski definition) is 5. The summed E-state index contributed by atoms with van der Waals surface area (Å²) < 4.78 is 1.53. The quantitative estimate of drug-likeness (QED) is 0.217. The van der Waals surface area contributed by atoms with Crippen LogP contribution in [0.5, 0.6) is 0 Å². The number of fused-ring (bicyclic) bond motifs is 2. The molecule has 0 saturated heterocycles. The normalized spacial score (nSPS) is 11.4. The Morgan fingerprint density at radius 2 is 1.85 bits per heavy atom. The lowest BCUT2D eigenvalue weighted by Crippen LogP contribution is -2.20. The second kappa shape index (κ2) is 6.94. The smallest absolute Gasteiger partial charge is 0.261 e. The van der Waals surface area contributed by atoms with Gasteiger partial charge in [-0.1, -0.05) is 36.0 Å². The lowest BCUT2D eigenvalue weighted by atomic mass is 10.1. The Labute approximate surface area is 164 Å². The van der Waals surface area contributed by atoms with Gasteiger partial charge in [-0.25, -0.2) is 4.98 Å². The molecule has 6 heteroatoms. The third-order valence-electron chi connectivity index (χ3n) is 4.58. The molecule has 0 amide bonds. The van der Waals surface area contributed by atoms with Gasteiger partial charge in [0.05, 0.1) is 16.7 Å². The summed E-state index contributed by atoms with van der Waals surface area (Å²) in [5, 5.41) is 3.21. The van der Waals surface area contributed by atoms with E-state index in [4.69, 9.17) is 0 Å². The maximum absolute atomic E-state index is 12.8. The molecule has 0 bridgehead atoms. The van der Waals surface area contributed by atoms with Gasteiger partial charge in [-0.15, -0.1) is 11.3 Å². The van der Waals surface area contributed by atoms with E-state index in [9.17, 15) is 9.59 Å². The van der Waals surface area contributed by atoms with Gasteiger partial charge >= 0.3 is 0 Å². The molecule has 0 fully saturated rings. The second-order valence-electron chi connectivity index (χ2n) is 6.51. The molecule has 27 heavy (non-hydrogen) atoms. The highest BCUT2D eigenvalue weighted by Gasteiger charge is 2.15. The Hall–Kier alpha value is -2.44. The molecule has 0 atom stereocenters. The molecule has 0 unspecified atom stereocenters. The van der Waals surface area contributed by atoms with E-state index in [0.29, 0.717) is 16.1 Å². The minimum Gasteiger partial charge on any atom is -0.293 e. The lowest BCUT2D eigenvalue weighted by Gasteiger charge is -2.09. The minimum atomic E-state index is -0.0942. The van der Waals surface area contributed by atoms with Crippen LogP contribution in [0.15, 0.2) is 52.4 Å². The first-order valence-corrected chi connectivity index (χ1v) is 10.4. The third kappa shape index (κ3) is 3.31. The van der Waals surface area contributed by atoms with Crippen molar-refractivity contribution in [3.05, 3.63) is 68.1 Å². The van der Waals surface area contributed by atoms with Crippen LogP contribution in [0.3, 0.4) is 0 Å². The maximum atomic E-state index is 12.8. The van der Waals surface area contributed by atoms with E-state index in [-0.39, 0.29) is 17.1 Å². The van der Waals surface area contributed by atoms with Crippen molar-refractivity contribution in [3.8, 4) is 0 Å². The van der Waals surface area contributed by atoms with Crippen LogP contribution in [0.1, 0.15) is 20.1 Å². The number of thioether (sulfide) groups is 1. The van der Waals surface area contributed by atoms with Crippen molar-refractivity contribution in [2.45, 2.75) is 19.0 Å². The molecule has 0 aliphatic heterocycles. The summed E-state index contributed by atoms with van der Waals surface area (Å²) in [6.07, 6.45) is 0. The van der Waals surface area contributed by atoms with Gasteiger partial charge in [0.1, 0.15) is 0 Å². The number of benzene rings is 2. The zero-order valence-corrected chi connectivity index (χ0v) is 16.9. The number of rotatable bonds is 4. The topological polar surface area (TPSA) is 52.0 Å². The van der Waals surface area contributed by atoms with Gasteiger partial charge in [0.25, 0.3) is 5.56 Å². The number of ketones is 1. The molecule has 4 aromatic rings. The molecule has 136 valence electrons. The Morgan fingerprint density at radius 3 is 2.52 bits per heavy atom. The predicted molar refractivity (Wildman–Crippen MR) is 113 cm³/mol. The summed E-state index contributed by atoms with van der Waals surface area (Å²) in [5.74, 6) is 0.325. The van der Waals surface area contributed by atoms with Crippen LogP contribution in [0, 0.1) is 13.8 Å². The van der Waals surface area contributed by atoms with E-state index in [2.05, 4.69) is 4.98 Å². The fourth-order valence-corrected chi connectivity index (χ4v) is 4.98. The van der Waals surface area contributed by atoms with Crippen LogP contribution in [0.2, 0.25) is 0 Å². The first-order chi connectivity index (χ1) is 12.9. The van der Waals surface area contributed by atoms with Gasteiger partial charge in [0, 0.05) is 22.4 Å². The highest BCUT2D eigenvalue weighted by molar-refractivity contribution is 7.99. The lowest BCUT2D eigenvalue weighted by molar-refractivity contribution is 0.102. The number of carbonyl (C=O) groups is 1. The number of aromatic nitrogens is 2. The van der Waals surface area contributed by atoms with E-state index in [1.807, 2.05) is 56.3 Å². The van der Waals surface area contributed by atoms with Gasteiger partial charge in [-0.05, 0) is 42.8 Å². The van der Waals surface area contributed by atoms with Crippen molar-refractivity contribution >= 4 is 50.6 Å². The number of nitrogens with zero attached hydrogens (tertiary/aromatic N) is 2. The summed E-state index contributed by atoms with van der Waals surface area (Å²) in [5.41, 5.74) is 1.33. The Bertz CT molecular complexity index is 1250. The molecule has 4 rings (SSSR count). The number of thiophene rings is 1. The van der Waals surface area contributed by atoms with Crippen LogP contribution in [0.25, 0.3) is 21.7 Å². The Morgan fingerprint density at radius 1 is 1.15 bits per heavy atom. The first kappa shape index (κ1) is 17.9. The third-order valence-corrected chi connectivity index (χ3v) is 6.57. The molecule has 0 aliphatic rings. The molecule has 4 nitrogen and oxygen atoms in total. The van der Waals surface area contributed by atoms with Crippen LogP contribution < -0.4 is 5.56 Å². The predicted octanol–water partition coefficient (Wildman–Crippen LogP) is 4.74. The standard InChI is InChI=1S/C21H18N2O2S2/c1-12-8-16(13(2)27-12)19(24)11-26-21-22-18-10-15-7-5-4-6-14(15)9-17(18)20(25)23(21)3/h4-10H,11H2,1-3H3. The molecule has 0 spiro atoms.